The molecule has 1 aliphatic heterocycles. The van der Waals surface area contributed by atoms with E-state index in [4.69, 9.17) is 14.2 Å². The Kier molecular flexibility index (Phi) is 8.16. The van der Waals surface area contributed by atoms with Crippen LogP contribution in [0.4, 0.5) is 5.69 Å². The van der Waals surface area contributed by atoms with Gasteiger partial charge in [-0.2, -0.15) is 4.31 Å². The summed E-state index contributed by atoms with van der Waals surface area (Å²) in [7, 11) is -1.05. The topological polar surface area (TPSA) is 111 Å². The van der Waals surface area contributed by atoms with Gasteiger partial charge in [-0.05, 0) is 55.2 Å². The molecule has 10 heteroatoms. The van der Waals surface area contributed by atoms with Gasteiger partial charge in [0.05, 0.1) is 31.3 Å². The number of methoxy groups -OCH3 is 2. The second kappa shape index (κ2) is 10.9. The van der Waals surface area contributed by atoms with E-state index in [1.165, 1.54) is 36.7 Å². The molecule has 2 aromatic rings. The monoisotopic (exact) mass is 490 g/mol. The van der Waals surface area contributed by atoms with Crippen LogP contribution in [0.2, 0.25) is 0 Å². The number of carbonyl (C=O) groups excluding carboxylic acids is 2. The van der Waals surface area contributed by atoms with Gasteiger partial charge in [-0.25, -0.2) is 13.2 Å². The van der Waals surface area contributed by atoms with Crippen molar-refractivity contribution in [3.63, 3.8) is 0 Å². The summed E-state index contributed by atoms with van der Waals surface area (Å²) in [5, 5.41) is 2.75. The highest BCUT2D eigenvalue weighted by atomic mass is 32.2. The van der Waals surface area contributed by atoms with Crippen molar-refractivity contribution >= 4 is 27.6 Å². The minimum absolute atomic E-state index is 0.0223. The van der Waals surface area contributed by atoms with E-state index in [1.54, 1.807) is 24.3 Å². The number of hydrogen-bond acceptors (Lipinski definition) is 7. The van der Waals surface area contributed by atoms with Gasteiger partial charge in [0.15, 0.2) is 11.5 Å². The van der Waals surface area contributed by atoms with E-state index >= 15 is 0 Å². The average Bonchev–Trinajstić information content (AvgIpc) is 3.33. The first-order valence-corrected chi connectivity index (χ1v) is 12.4. The smallest absolute Gasteiger partial charge is 0.338 e. The molecule has 0 spiro atoms. The second-order valence-corrected chi connectivity index (χ2v) is 10.2. The number of hydrogen-bond donors (Lipinski definition) is 1. The molecule has 3 rings (SSSR count). The van der Waals surface area contributed by atoms with Gasteiger partial charge in [-0.15, -0.1) is 0 Å². The van der Waals surface area contributed by atoms with Crippen molar-refractivity contribution < 1.29 is 32.2 Å². The maximum absolute atomic E-state index is 13.3. The molecular formula is C24H30N2O7S. The molecule has 1 amide bonds. The highest BCUT2D eigenvalue weighted by molar-refractivity contribution is 7.89. The highest BCUT2D eigenvalue weighted by Crippen LogP contribution is 2.33. The molecule has 1 aliphatic rings. The van der Waals surface area contributed by atoms with Crippen LogP contribution in [0.1, 0.15) is 37.0 Å². The summed E-state index contributed by atoms with van der Waals surface area (Å²) in [5.41, 5.74) is 0.831. The quantitative estimate of drug-likeness (QED) is 0.537. The maximum Gasteiger partial charge on any atom is 0.338 e. The zero-order valence-electron chi connectivity index (χ0n) is 19.7. The van der Waals surface area contributed by atoms with Crippen LogP contribution in [-0.4, -0.2) is 58.0 Å². The minimum Gasteiger partial charge on any atom is -0.493 e. The van der Waals surface area contributed by atoms with Crippen LogP contribution in [0.3, 0.4) is 0 Å². The van der Waals surface area contributed by atoms with E-state index in [9.17, 15) is 18.0 Å². The Morgan fingerprint density at radius 2 is 1.74 bits per heavy atom. The first kappa shape index (κ1) is 25.5. The Morgan fingerprint density at radius 3 is 2.35 bits per heavy atom. The van der Waals surface area contributed by atoms with Crippen LogP contribution in [0.15, 0.2) is 47.4 Å². The molecule has 34 heavy (non-hydrogen) atoms. The fourth-order valence-corrected chi connectivity index (χ4v) is 5.32. The van der Waals surface area contributed by atoms with E-state index in [1.807, 2.05) is 13.8 Å². The van der Waals surface area contributed by atoms with Gasteiger partial charge in [-0.3, -0.25) is 4.79 Å². The number of benzene rings is 2. The van der Waals surface area contributed by atoms with Gasteiger partial charge in [0, 0.05) is 18.3 Å². The number of ether oxygens (including phenoxy) is 3. The lowest BCUT2D eigenvalue weighted by atomic mass is 10.2. The number of nitrogens with one attached hydrogen (secondary N) is 1. The molecule has 0 radical (unpaired) electrons. The number of esters is 1. The largest absolute Gasteiger partial charge is 0.493 e. The van der Waals surface area contributed by atoms with Gasteiger partial charge in [0.1, 0.15) is 6.04 Å². The number of carbonyl (C=O) groups is 2. The lowest BCUT2D eigenvalue weighted by Gasteiger charge is -2.24. The Bertz CT molecular complexity index is 1130. The Morgan fingerprint density at radius 1 is 1.06 bits per heavy atom. The molecule has 1 atom stereocenters. The first-order valence-electron chi connectivity index (χ1n) is 11.0. The summed E-state index contributed by atoms with van der Waals surface area (Å²) in [6, 6.07) is 9.78. The van der Waals surface area contributed by atoms with E-state index < -0.39 is 27.9 Å². The molecule has 184 valence electrons. The van der Waals surface area contributed by atoms with Crippen LogP contribution in [0.5, 0.6) is 11.5 Å². The summed E-state index contributed by atoms with van der Waals surface area (Å²) >= 11 is 0. The zero-order valence-corrected chi connectivity index (χ0v) is 20.6. The maximum atomic E-state index is 13.3. The highest BCUT2D eigenvalue weighted by Gasteiger charge is 2.39. The zero-order chi connectivity index (χ0) is 24.9. The molecule has 0 aliphatic carbocycles. The van der Waals surface area contributed by atoms with Crippen LogP contribution in [0.25, 0.3) is 0 Å². The summed E-state index contributed by atoms with van der Waals surface area (Å²) in [6.45, 7) is 4.45. The van der Waals surface area contributed by atoms with E-state index in [2.05, 4.69) is 5.32 Å². The van der Waals surface area contributed by atoms with Gasteiger partial charge < -0.3 is 19.5 Å². The molecule has 2 aromatic carbocycles. The second-order valence-electron chi connectivity index (χ2n) is 8.35. The van der Waals surface area contributed by atoms with Crippen LogP contribution in [0, 0.1) is 5.92 Å². The van der Waals surface area contributed by atoms with Crippen LogP contribution in [-0.2, 0) is 19.6 Å². The van der Waals surface area contributed by atoms with Gasteiger partial charge >= 0.3 is 5.97 Å². The Hall–Kier alpha value is -3.11. The SMILES string of the molecule is COc1ccc(S(=O)(=O)N2CCCC2C(=O)Nc2ccc(C(=O)OCC(C)C)cc2)cc1OC. The van der Waals surface area contributed by atoms with Crippen molar-refractivity contribution in [2.45, 2.75) is 37.6 Å². The van der Waals surface area contributed by atoms with Gasteiger partial charge in [-0.1, -0.05) is 13.8 Å². The van der Waals surface area contributed by atoms with Crippen molar-refractivity contribution in [3.8, 4) is 11.5 Å². The summed E-state index contributed by atoms with van der Waals surface area (Å²) in [6.07, 6.45) is 0.962. The lowest BCUT2D eigenvalue weighted by molar-refractivity contribution is -0.119. The van der Waals surface area contributed by atoms with Crippen molar-refractivity contribution in [1.82, 2.24) is 4.31 Å². The summed E-state index contributed by atoms with van der Waals surface area (Å²) < 4.78 is 43.4. The molecule has 1 fully saturated rings. The fraction of sp³-hybridized carbons (Fsp3) is 0.417. The predicted molar refractivity (Wildman–Crippen MR) is 127 cm³/mol. The number of nitrogens with zero attached hydrogens (tertiary/aromatic N) is 1. The third-order valence-electron chi connectivity index (χ3n) is 5.40. The lowest BCUT2D eigenvalue weighted by Crippen LogP contribution is -2.43. The summed E-state index contributed by atoms with van der Waals surface area (Å²) in [5.74, 6) is 0.0582. The van der Waals surface area contributed by atoms with E-state index in [-0.39, 0.29) is 23.1 Å². The fourth-order valence-electron chi connectivity index (χ4n) is 3.64. The van der Waals surface area contributed by atoms with Crippen molar-refractivity contribution in [1.29, 1.82) is 0 Å². The minimum atomic E-state index is -3.94. The van der Waals surface area contributed by atoms with E-state index in [0.29, 0.717) is 36.4 Å². The molecule has 0 saturated carbocycles. The third kappa shape index (κ3) is 5.68. The Balaban J connectivity index is 1.72. The number of sulfonamides is 1. The number of anilines is 1. The van der Waals surface area contributed by atoms with Crippen molar-refractivity contribution in [2.75, 3.05) is 32.7 Å². The molecule has 0 bridgehead atoms. The van der Waals surface area contributed by atoms with Gasteiger partial charge in [0.2, 0.25) is 15.9 Å². The van der Waals surface area contributed by atoms with Crippen molar-refractivity contribution in [3.05, 3.63) is 48.0 Å². The third-order valence-corrected chi connectivity index (χ3v) is 7.31. The molecule has 9 nitrogen and oxygen atoms in total. The van der Waals surface area contributed by atoms with E-state index in [0.717, 1.165) is 0 Å². The number of amides is 1. The van der Waals surface area contributed by atoms with Crippen LogP contribution >= 0.6 is 0 Å². The molecule has 1 N–H and O–H groups in total. The molecule has 1 saturated heterocycles. The predicted octanol–water partition coefficient (Wildman–Crippen LogP) is 3.31. The van der Waals surface area contributed by atoms with Crippen LogP contribution < -0.4 is 14.8 Å². The molecule has 1 heterocycles. The van der Waals surface area contributed by atoms with Gasteiger partial charge in [0.25, 0.3) is 0 Å². The number of rotatable bonds is 9. The molecule has 0 aromatic heterocycles. The summed E-state index contributed by atoms with van der Waals surface area (Å²) in [4.78, 5) is 25.1. The van der Waals surface area contributed by atoms with Crippen molar-refractivity contribution in [2.24, 2.45) is 5.92 Å². The Labute approximate surface area is 200 Å². The normalized spacial score (nSPS) is 16.3. The standard InChI is InChI=1S/C24H30N2O7S/c1-16(2)15-33-24(28)17-7-9-18(10-8-17)25-23(27)20-6-5-13-26(20)34(29,30)19-11-12-21(31-3)22(14-19)32-4/h7-12,14,16,20H,5-6,13,15H2,1-4H3,(H,25,27). The molecular weight excluding hydrogens is 460 g/mol. The first-order chi connectivity index (χ1) is 16.2. The average molecular weight is 491 g/mol. The molecule has 1 unspecified atom stereocenters.